The van der Waals surface area contributed by atoms with Gasteiger partial charge in [-0.2, -0.15) is 0 Å². The summed E-state index contributed by atoms with van der Waals surface area (Å²) in [6.45, 7) is 0.744. The van der Waals surface area contributed by atoms with E-state index in [1.165, 1.54) is 18.7 Å². The largest absolute Gasteiger partial charge is 0.504 e. The highest BCUT2D eigenvalue weighted by molar-refractivity contribution is 9.10. The summed E-state index contributed by atoms with van der Waals surface area (Å²) in [6, 6.07) is 11.0. The zero-order valence-electron chi connectivity index (χ0n) is 16.6. The molecule has 2 aromatic carbocycles. The van der Waals surface area contributed by atoms with Crippen molar-refractivity contribution in [3.05, 3.63) is 62.5 Å². The molecule has 0 bridgehead atoms. The van der Waals surface area contributed by atoms with E-state index in [0.717, 1.165) is 28.6 Å². The Kier molecular flexibility index (Phi) is 6.06. The molecule has 2 aliphatic rings. The van der Waals surface area contributed by atoms with Gasteiger partial charge in [0.25, 0.3) is 11.1 Å². The number of aromatic hydroxyl groups is 1. The quantitative estimate of drug-likeness (QED) is 0.640. The molecule has 2 heterocycles. The minimum atomic E-state index is -0.514. The van der Waals surface area contributed by atoms with Crippen molar-refractivity contribution < 1.29 is 24.2 Å². The number of ether oxygens (including phenoxy) is 1. The van der Waals surface area contributed by atoms with E-state index in [0.29, 0.717) is 23.1 Å². The normalized spacial score (nSPS) is 17.3. The maximum Gasteiger partial charge on any atom is 0.294 e. The van der Waals surface area contributed by atoms with Crippen LogP contribution in [0.15, 0.2) is 45.8 Å². The Morgan fingerprint density at radius 1 is 1.26 bits per heavy atom. The van der Waals surface area contributed by atoms with Crippen molar-refractivity contribution in [2.45, 2.75) is 13.0 Å². The number of methoxy groups -OCH3 is 1. The summed E-state index contributed by atoms with van der Waals surface area (Å²) in [4.78, 5) is 40.9. The van der Waals surface area contributed by atoms with Crippen LogP contribution in [0, 0.1) is 0 Å². The molecular formula is C22H19BrN2O5S. The molecule has 0 spiro atoms. The van der Waals surface area contributed by atoms with Crippen LogP contribution in [0.2, 0.25) is 0 Å². The lowest BCUT2D eigenvalue weighted by Gasteiger charge is -2.29. The zero-order valence-corrected chi connectivity index (χ0v) is 19.0. The fourth-order valence-electron chi connectivity index (χ4n) is 3.55. The first kappa shape index (κ1) is 21.5. The van der Waals surface area contributed by atoms with Crippen LogP contribution in [-0.2, 0) is 22.6 Å². The van der Waals surface area contributed by atoms with Crippen molar-refractivity contribution in [1.82, 2.24) is 9.80 Å². The van der Waals surface area contributed by atoms with E-state index in [9.17, 15) is 19.5 Å². The van der Waals surface area contributed by atoms with Crippen molar-refractivity contribution >= 4 is 50.8 Å². The van der Waals surface area contributed by atoms with Crippen molar-refractivity contribution in [2.75, 3.05) is 20.2 Å². The summed E-state index contributed by atoms with van der Waals surface area (Å²) in [5.41, 5.74) is 2.87. The number of fused-ring (bicyclic) bond motifs is 1. The first-order valence-electron chi connectivity index (χ1n) is 9.54. The molecule has 160 valence electrons. The number of carbonyl (C=O) groups excluding carboxylic acids is 3. The third-order valence-corrected chi connectivity index (χ3v) is 6.83. The van der Waals surface area contributed by atoms with Crippen molar-refractivity contribution in [1.29, 1.82) is 0 Å². The summed E-state index contributed by atoms with van der Waals surface area (Å²) in [5, 5.41) is 9.36. The number of hydrogen-bond donors (Lipinski definition) is 1. The number of rotatable bonds is 4. The van der Waals surface area contributed by atoms with Gasteiger partial charge < -0.3 is 14.7 Å². The molecule has 0 aliphatic carbocycles. The van der Waals surface area contributed by atoms with E-state index in [1.54, 1.807) is 17.0 Å². The predicted molar refractivity (Wildman–Crippen MR) is 121 cm³/mol. The summed E-state index contributed by atoms with van der Waals surface area (Å²) < 4.78 is 5.64. The van der Waals surface area contributed by atoms with Gasteiger partial charge in [0.05, 0.1) is 12.0 Å². The Morgan fingerprint density at radius 2 is 2.00 bits per heavy atom. The molecule has 31 heavy (non-hydrogen) atoms. The molecule has 0 unspecified atom stereocenters. The van der Waals surface area contributed by atoms with Gasteiger partial charge in [-0.1, -0.05) is 40.2 Å². The van der Waals surface area contributed by atoms with Gasteiger partial charge in [0.15, 0.2) is 11.5 Å². The average molecular weight is 503 g/mol. The number of phenols is 1. The Labute approximate surface area is 191 Å². The van der Waals surface area contributed by atoms with E-state index in [-0.39, 0.29) is 28.9 Å². The van der Waals surface area contributed by atoms with Crippen molar-refractivity contribution in [2.24, 2.45) is 0 Å². The second-order valence-electron chi connectivity index (χ2n) is 7.15. The van der Waals surface area contributed by atoms with Gasteiger partial charge in [0.1, 0.15) is 6.54 Å². The Hall–Kier alpha value is -2.78. The molecule has 9 heteroatoms. The molecule has 0 saturated carbocycles. The standard InChI is InChI=1S/C22H19BrN2O5S/c1-30-18-8-15(16(23)10-17(18)26)9-19-21(28)25(22(29)31-19)12-20(27)24-7-6-13-4-2-3-5-14(13)11-24/h2-5,8-10,26H,6-7,11-12H2,1H3/b19-9-. The predicted octanol–water partition coefficient (Wildman–Crippen LogP) is 3.78. The smallest absolute Gasteiger partial charge is 0.294 e. The lowest BCUT2D eigenvalue weighted by molar-refractivity contribution is -0.136. The maximum absolute atomic E-state index is 12.8. The van der Waals surface area contributed by atoms with Crippen LogP contribution in [0.4, 0.5) is 4.79 Å². The van der Waals surface area contributed by atoms with Gasteiger partial charge >= 0.3 is 0 Å². The third kappa shape index (κ3) is 4.33. The first-order chi connectivity index (χ1) is 14.9. The van der Waals surface area contributed by atoms with Crippen LogP contribution in [0.25, 0.3) is 6.08 Å². The number of thioether (sulfide) groups is 1. The monoisotopic (exact) mass is 502 g/mol. The third-order valence-electron chi connectivity index (χ3n) is 5.24. The van der Waals surface area contributed by atoms with Gasteiger partial charge in [0.2, 0.25) is 5.91 Å². The van der Waals surface area contributed by atoms with Crippen LogP contribution in [-0.4, -0.2) is 52.2 Å². The number of carbonyl (C=O) groups is 3. The maximum atomic E-state index is 12.8. The fourth-order valence-corrected chi connectivity index (χ4v) is 4.83. The summed E-state index contributed by atoms with van der Waals surface area (Å²) in [6.07, 6.45) is 2.29. The van der Waals surface area contributed by atoms with E-state index < -0.39 is 11.1 Å². The van der Waals surface area contributed by atoms with E-state index >= 15 is 0 Å². The Balaban J connectivity index is 1.49. The zero-order chi connectivity index (χ0) is 22.1. The summed E-state index contributed by atoms with van der Waals surface area (Å²) in [5.74, 6) is -0.576. The SMILES string of the molecule is COc1cc(/C=C2\SC(=O)N(CC(=O)N3CCc4ccccc4C3)C2=O)c(Br)cc1O. The molecule has 1 fully saturated rings. The summed E-state index contributed by atoms with van der Waals surface area (Å²) >= 11 is 4.12. The lowest BCUT2D eigenvalue weighted by atomic mass is 10.00. The number of halogens is 1. The second-order valence-corrected chi connectivity index (χ2v) is 8.99. The highest BCUT2D eigenvalue weighted by Crippen LogP contribution is 2.37. The van der Waals surface area contributed by atoms with Crippen LogP contribution in [0.5, 0.6) is 11.5 Å². The molecule has 7 nitrogen and oxygen atoms in total. The number of nitrogens with zero attached hydrogens (tertiary/aromatic N) is 2. The molecule has 0 atom stereocenters. The average Bonchev–Trinajstić information content (AvgIpc) is 3.02. The van der Waals surface area contributed by atoms with Gasteiger partial charge in [-0.3, -0.25) is 19.3 Å². The van der Waals surface area contributed by atoms with Gasteiger partial charge in [-0.25, -0.2) is 0 Å². The topological polar surface area (TPSA) is 87.2 Å². The van der Waals surface area contributed by atoms with Crippen LogP contribution >= 0.6 is 27.7 Å². The van der Waals surface area contributed by atoms with E-state index in [2.05, 4.69) is 22.0 Å². The van der Waals surface area contributed by atoms with Gasteiger partial charge in [-0.15, -0.1) is 0 Å². The minimum absolute atomic E-state index is 0.0478. The number of benzene rings is 2. The van der Waals surface area contributed by atoms with Crippen LogP contribution < -0.4 is 4.74 Å². The van der Waals surface area contributed by atoms with E-state index in [4.69, 9.17) is 4.74 Å². The molecule has 3 amide bonds. The molecular weight excluding hydrogens is 484 g/mol. The molecule has 1 N–H and O–H groups in total. The lowest BCUT2D eigenvalue weighted by Crippen LogP contribution is -2.44. The fraction of sp³-hybridized carbons (Fsp3) is 0.227. The molecule has 1 saturated heterocycles. The van der Waals surface area contributed by atoms with Crippen LogP contribution in [0.3, 0.4) is 0 Å². The highest BCUT2D eigenvalue weighted by atomic mass is 79.9. The van der Waals surface area contributed by atoms with Crippen LogP contribution in [0.1, 0.15) is 16.7 Å². The number of phenolic OH excluding ortho intramolecular Hbond substituents is 1. The number of imide groups is 1. The minimum Gasteiger partial charge on any atom is -0.504 e. The Bertz CT molecular complexity index is 1120. The highest BCUT2D eigenvalue weighted by Gasteiger charge is 2.37. The Morgan fingerprint density at radius 3 is 2.74 bits per heavy atom. The van der Waals surface area contributed by atoms with Crippen molar-refractivity contribution in [3.8, 4) is 11.5 Å². The van der Waals surface area contributed by atoms with Gasteiger partial charge in [0, 0.05) is 17.6 Å². The molecule has 2 aromatic rings. The van der Waals surface area contributed by atoms with Crippen molar-refractivity contribution in [3.63, 3.8) is 0 Å². The molecule has 4 rings (SSSR count). The molecule has 0 radical (unpaired) electrons. The van der Waals surface area contributed by atoms with E-state index in [1.807, 2.05) is 18.2 Å². The second kappa shape index (κ2) is 8.76. The number of amides is 3. The first-order valence-corrected chi connectivity index (χ1v) is 11.1. The van der Waals surface area contributed by atoms with Gasteiger partial charge in [-0.05, 0) is 53.1 Å². The number of hydrogen-bond acceptors (Lipinski definition) is 6. The summed E-state index contributed by atoms with van der Waals surface area (Å²) in [7, 11) is 1.42. The molecule has 0 aromatic heterocycles. The molecule has 2 aliphatic heterocycles.